The summed E-state index contributed by atoms with van der Waals surface area (Å²) in [5.41, 5.74) is 0. The topological polar surface area (TPSA) is 49.3 Å². The van der Waals surface area contributed by atoms with Crippen molar-refractivity contribution < 1.29 is 9.90 Å². The van der Waals surface area contributed by atoms with Crippen LogP contribution in [0, 0.1) is 23.7 Å². The van der Waals surface area contributed by atoms with E-state index < -0.39 is 0 Å². The molecule has 0 aromatic heterocycles. The van der Waals surface area contributed by atoms with Crippen LogP contribution in [-0.4, -0.2) is 23.7 Å². The molecule has 0 aromatic rings. The van der Waals surface area contributed by atoms with Gasteiger partial charge in [-0.15, -0.1) is 0 Å². The van der Waals surface area contributed by atoms with E-state index >= 15 is 0 Å². The first-order chi connectivity index (χ1) is 8.72. The molecular formula is C15H25NO2. The van der Waals surface area contributed by atoms with E-state index in [0.717, 1.165) is 44.6 Å². The van der Waals surface area contributed by atoms with Crippen molar-refractivity contribution >= 4 is 5.91 Å². The highest BCUT2D eigenvalue weighted by molar-refractivity contribution is 5.79. The van der Waals surface area contributed by atoms with Crippen LogP contribution >= 0.6 is 0 Å². The molecule has 102 valence electrons. The molecule has 0 aromatic carbocycles. The maximum Gasteiger partial charge on any atom is 0.223 e. The molecule has 0 saturated heterocycles. The lowest BCUT2D eigenvalue weighted by atomic mass is 9.86. The summed E-state index contributed by atoms with van der Waals surface area (Å²) in [5.74, 6) is 2.60. The number of aliphatic hydroxyl groups excluding tert-OH is 1. The molecule has 3 heteroatoms. The zero-order valence-corrected chi connectivity index (χ0v) is 11.1. The third-order valence-electron chi connectivity index (χ3n) is 5.39. The van der Waals surface area contributed by atoms with Crippen LogP contribution in [0.4, 0.5) is 0 Å². The number of hydrogen-bond acceptors (Lipinski definition) is 2. The van der Waals surface area contributed by atoms with Gasteiger partial charge in [-0.2, -0.15) is 0 Å². The molecule has 18 heavy (non-hydrogen) atoms. The second kappa shape index (κ2) is 5.20. The maximum absolute atomic E-state index is 12.2. The number of rotatable bonds is 3. The highest BCUT2D eigenvalue weighted by Gasteiger charge is 2.43. The molecular weight excluding hydrogens is 226 g/mol. The third kappa shape index (κ3) is 2.56. The number of hydrogen-bond donors (Lipinski definition) is 2. The molecule has 3 saturated carbocycles. The molecule has 0 aliphatic heterocycles. The van der Waals surface area contributed by atoms with E-state index in [1.54, 1.807) is 0 Å². The van der Waals surface area contributed by atoms with E-state index in [9.17, 15) is 9.90 Å². The van der Waals surface area contributed by atoms with Gasteiger partial charge in [-0.05, 0) is 56.3 Å². The first-order valence-corrected chi connectivity index (χ1v) is 7.68. The molecule has 3 aliphatic rings. The van der Waals surface area contributed by atoms with Crippen molar-refractivity contribution in [1.29, 1.82) is 0 Å². The van der Waals surface area contributed by atoms with Crippen molar-refractivity contribution in [1.82, 2.24) is 5.32 Å². The van der Waals surface area contributed by atoms with Gasteiger partial charge in [-0.3, -0.25) is 4.79 Å². The van der Waals surface area contributed by atoms with Gasteiger partial charge in [-0.1, -0.05) is 12.8 Å². The predicted molar refractivity (Wildman–Crippen MR) is 69.9 cm³/mol. The monoisotopic (exact) mass is 251 g/mol. The summed E-state index contributed by atoms with van der Waals surface area (Å²) in [5, 5.41) is 12.8. The number of nitrogens with one attached hydrogen (secondary N) is 1. The Kier molecular flexibility index (Phi) is 3.60. The Morgan fingerprint density at radius 2 is 2.00 bits per heavy atom. The molecule has 5 atom stereocenters. The number of aliphatic hydroxyl groups is 1. The van der Waals surface area contributed by atoms with Gasteiger partial charge in [0.25, 0.3) is 0 Å². The van der Waals surface area contributed by atoms with Crippen molar-refractivity contribution in [2.24, 2.45) is 23.7 Å². The summed E-state index contributed by atoms with van der Waals surface area (Å²) in [6.07, 6.45) is 8.98. The lowest BCUT2D eigenvalue weighted by Crippen LogP contribution is -2.38. The van der Waals surface area contributed by atoms with Gasteiger partial charge in [0.05, 0.1) is 6.10 Å². The van der Waals surface area contributed by atoms with Crippen molar-refractivity contribution in [2.75, 3.05) is 6.54 Å². The third-order valence-corrected chi connectivity index (χ3v) is 5.39. The Hall–Kier alpha value is -0.570. The fourth-order valence-corrected chi connectivity index (χ4v) is 4.39. The summed E-state index contributed by atoms with van der Waals surface area (Å²) in [4.78, 5) is 12.2. The highest BCUT2D eigenvalue weighted by atomic mass is 16.3. The minimum atomic E-state index is -0.136. The number of carbonyl (C=O) groups is 1. The van der Waals surface area contributed by atoms with Crippen molar-refractivity contribution in [2.45, 2.75) is 57.5 Å². The van der Waals surface area contributed by atoms with Crippen LogP contribution in [0.25, 0.3) is 0 Å². The summed E-state index contributed by atoms with van der Waals surface area (Å²) in [6.45, 7) is 0.782. The summed E-state index contributed by atoms with van der Waals surface area (Å²) >= 11 is 0. The van der Waals surface area contributed by atoms with Crippen LogP contribution in [0.1, 0.15) is 51.4 Å². The molecule has 3 rings (SSSR count). The second-order valence-electron chi connectivity index (χ2n) is 6.71. The minimum absolute atomic E-state index is 0.136. The highest BCUT2D eigenvalue weighted by Crippen LogP contribution is 2.48. The van der Waals surface area contributed by atoms with Crippen LogP contribution in [0.3, 0.4) is 0 Å². The second-order valence-corrected chi connectivity index (χ2v) is 6.71. The lowest BCUT2D eigenvalue weighted by molar-refractivity contribution is -0.126. The maximum atomic E-state index is 12.2. The van der Waals surface area contributed by atoms with Crippen molar-refractivity contribution in [3.8, 4) is 0 Å². The van der Waals surface area contributed by atoms with Gasteiger partial charge in [-0.25, -0.2) is 0 Å². The van der Waals surface area contributed by atoms with E-state index in [2.05, 4.69) is 5.32 Å². The molecule has 2 N–H and O–H groups in total. The Labute approximate surface area is 109 Å². The van der Waals surface area contributed by atoms with Crippen LogP contribution in [0.5, 0.6) is 0 Å². The summed E-state index contributed by atoms with van der Waals surface area (Å²) in [7, 11) is 0. The zero-order chi connectivity index (χ0) is 12.5. The van der Waals surface area contributed by atoms with Gasteiger partial charge >= 0.3 is 0 Å². The summed E-state index contributed by atoms with van der Waals surface area (Å²) < 4.78 is 0. The number of fused-ring (bicyclic) bond motifs is 2. The molecule has 0 spiro atoms. The molecule has 1 amide bonds. The van der Waals surface area contributed by atoms with Crippen LogP contribution in [0.2, 0.25) is 0 Å². The zero-order valence-electron chi connectivity index (χ0n) is 11.1. The fraction of sp³-hybridized carbons (Fsp3) is 0.933. The SMILES string of the molecule is O=C(NCC1CCCC(O)C1)C1CC2CCC1C2. The van der Waals surface area contributed by atoms with Crippen molar-refractivity contribution in [3.05, 3.63) is 0 Å². The van der Waals surface area contributed by atoms with E-state index in [4.69, 9.17) is 0 Å². The van der Waals surface area contributed by atoms with Crippen LogP contribution in [0.15, 0.2) is 0 Å². The molecule has 2 bridgehead atoms. The largest absolute Gasteiger partial charge is 0.393 e. The molecule has 3 aliphatic carbocycles. The number of carbonyl (C=O) groups excluding carboxylic acids is 1. The van der Waals surface area contributed by atoms with E-state index in [1.807, 2.05) is 0 Å². The normalized spacial score (nSPS) is 43.1. The Morgan fingerprint density at radius 3 is 2.67 bits per heavy atom. The molecule has 5 unspecified atom stereocenters. The molecule has 0 heterocycles. The van der Waals surface area contributed by atoms with Gasteiger partial charge in [0.1, 0.15) is 0 Å². The van der Waals surface area contributed by atoms with E-state index in [1.165, 1.54) is 19.3 Å². The van der Waals surface area contributed by atoms with Crippen molar-refractivity contribution in [3.63, 3.8) is 0 Å². The Balaban J connectivity index is 1.44. The first-order valence-electron chi connectivity index (χ1n) is 7.68. The quantitative estimate of drug-likeness (QED) is 0.807. The lowest BCUT2D eigenvalue weighted by Gasteiger charge is -2.27. The Morgan fingerprint density at radius 1 is 1.11 bits per heavy atom. The van der Waals surface area contributed by atoms with E-state index in [-0.39, 0.29) is 6.10 Å². The Bertz CT molecular complexity index is 318. The fourth-order valence-electron chi connectivity index (χ4n) is 4.39. The van der Waals surface area contributed by atoms with E-state index in [0.29, 0.717) is 23.7 Å². The standard InChI is InChI=1S/C15H25NO2/c17-13-3-1-2-11(7-13)9-16-15(18)14-8-10-4-5-12(14)6-10/h10-14,17H,1-9H2,(H,16,18). The average Bonchev–Trinajstić information content (AvgIpc) is 2.98. The minimum Gasteiger partial charge on any atom is -0.393 e. The van der Waals surface area contributed by atoms with Gasteiger partial charge in [0.15, 0.2) is 0 Å². The molecule has 3 nitrogen and oxygen atoms in total. The molecule has 0 radical (unpaired) electrons. The first kappa shape index (κ1) is 12.5. The predicted octanol–water partition coefficient (Wildman–Crippen LogP) is 2.09. The van der Waals surface area contributed by atoms with Gasteiger partial charge in [0, 0.05) is 12.5 Å². The smallest absolute Gasteiger partial charge is 0.223 e. The van der Waals surface area contributed by atoms with Crippen LogP contribution in [-0.2, 0) is 4.79 Å². The summed E-state index contributed by atoms with van der Waals surface area (Å²) in [6, 6.07) is 0. The molecule has 3 fully saturated rings. The van der Waals surface area contributed by atoms with Crippen LogP contribution < -0.4 is 5.32 Å². The average molecular weight is 251 g/mol. The van der Waals surface area contributed by atoms with Gasteiger partial charge in [0.2, 0.25) is 5.91 Å². The van der Waals surface area contributed by atoms with Gasteiger partial charge < -0.3 is 10.4 Å². The number of amides is 1.